The molecule has 1 aliphatic carbocycles. The fraction of sp³-hybridized carbons (Fsp3) is 0.316. The predicted octanol–water partition coefficient (Wildman–Crippen LogP) is 3.62. The minimum atomic E-state index is -0.227. The molecule has 1 N–H and O–H groups in total. The molecule has 2 aromatic rings. The fourth-order valence-corrected chi connectivity index (χ4v) is 2.45. The van der Waals surface area contributed by atoms with Crippen LogP contribution in [-0.2, 0) is 16.1 Å². The summed E-state index contributed by atoms with van der Waals surface area (Å²) in [5.41, 5.74) is 1.39. The summed E-state index contributed by atoms with van der Waals surface area (Å²) in [4.78, 5) is 29.6. The summed E-state index contributed by atoms with van der Waals surface area (Å²) < 4.78 is 5.75. The van der Waals surface area contributed by atoms with Gasteiger partial charge in [0.2, 0.25) is 5.91 Å². The molecule has 1 fully saturated rings. The number of rotatable bonds is 7. The Hall–Kier alpha value is -2.89. The molecule has 0 unspecified atom stereocenters. The monoisotopic (exact) mass is 339 g/mol. The van der Waals surface area contributed by atoms with Crippen LogP contribution in [-0.4, -0.2) is 16.8 Å². The van der Waals surface area contributed by atoms with E-state index in [1.165, 1.54) is 6.08 Å². The second kappa shape index (κ2) is 7.34. The molecule has 6 heteroatoms. The van der Waals surface area contributed by atoms with E-state index in [-0.39, 0.29) is 18.4 Å². The van der Waals surface area contributed by atoms with Gasteiger partial charge in [0, 0.05) is 23.7 Å². The smallest absolute Gasteiger partial charge is 0.250 e. The molecule has 25 heavy (non-hydrogen) atoms. The van der Waals surface area contributed by atoms with Crippen LogP contribution in [0.25, 0.3) is 0 Å². The number of oxazole rings is 1. The van der Waals surface area contributed by atoms with Crippen molar-refractivity contribution in [2.24, 2.45) is 0 Å². The first-order valence-electron chi connectivity index (χ1n) is 8.39. The molecule has 0 aliphatic heterocycles. The molecule has 1 aliphatic rings. The van der Waals surface area contributed by atoms with Crippen LogP contribution in [0.1, 0.15) is 43.8 Å². The molecular formula is C19H21N3O3. The van der Waals surface area contributed by atoms with Crippen LogP contribution in [0.4, 0.5) is 11.4 Å². The first kappa shape index (κ1) is 17.0. The molecule has 0 spiro atoms. The Bertz CT molecular complexity index is 775. The zero-order valence-electron chi connectivity index (χ0n) is 14.2. The van der Waals surface area contributed by atoms with Gasteiger partial charge in [0.15, 0.2) is 5.89 Å². The molecule has 3 rings (SSSR count). The van der Waals surface area contributed by atoms with Gasteiger partial charge >= 0.3 is 0 Å². The van der Waals surface area contributed by atoms with Gasteiger partial charge in [-0.25, -0.2) is 4.98 Å². The Balaban J connectivity index is 1.76. The lowest BCUT2D eigenvalue weighted by Gasteiger charge is -2.20. The number of benzene rings is 1. The topological polar surface area (TPSA) is 75.4 Å². The molecule has 1 heterocycles. The molecular weight excluding hydrogens is 318 g/mol. The zero-order chi connectivity index (χ0) is 17.8. The largest absolute Gasteiger partial charge is 0.444 e. The van der Waals surface area contributed by atoms with Crippen LogP contribution < -0.4 is 10.2 Å². The number of aromatic nitrogens is 1. The van der Waals surface area contributed by atoms with Crippen molar-refractivity contribution in [2.45, 2.75) is 38.6 Å². The fourth-order valence-electron chi connectivity index (χ4n) is 2.45. The van der Waals surface area contributed by atoms with Gasteiger partial charge in [-0.05, 0) is 43.2 Å². The third-order valence-electron chi connectivity index (χ3n) is 4.04. The summed E-state index contributed by atoms with van der Waals surface area (Å²) in [6, 6.07) is 7.10. The highest BCUT2D eigenvalue weighted by atomic mass is 16.4. The third-order valence-corrected chi connectivity index (χ3v) is 4.04. The molecule has 1 saturated carbocycles. The average molecular weight is 339 g/mol. The maximum Gasteiger partial charge on any atom is 0.250 e. The van der Waals surface area contributed by atoms with Gasteiger partial charge in [-0.2, -0.15) is 0 Å². The normalized spacial score (nSPS) is 13.3. The lowest BCUT2D eigenvalue weighted by molar-refractivity contribution is -0.116. The SMILES string of the molecule is C=CC(=O)N(Cc1cnc(C2CC2)o1)c1ccc(NC(=O)CC)cc1. The van der Waals surface area contributed by atoms with E-state index in [0.29, 0.717) is 29.5 Å². The van der Waals surface area contributed by atoms with Gasteiger partial charge in [-0.1, -0.05) is 13.5 Å². The molecule has 2 amide bonds. The molecule has 0 bridgehead atoms. The summed E-state index contributed by atoms with van der Waals surface area (Å²) >= 11 is 0. The van der Waals surface area contributed by atoms with Crippen molar-refractivity contribution in [3.8, 4) is 0 Å². The molecule has 130 valence electrons. The summed E-state index contributed by atoms with van der Waals surface area (Å²) in [6.45, 7) is 5.64. The van der Waals surface area contributed by atoms with Crippen LogP contribution in [0.5, 0.6) is 0 Å². The number of amides is 2. The van der Waals surface area contributed by atoms with Gasteiger partial charge in [-0.3, -0.25) is 9.59 Å². The summed E-state index contributed by atoms with van der Waals surface area (Å²) in [5, 5.41) is 2.78. The van der Waals surface area contributed by atoms with Crippen molar-refractivity contribution < 1.29 is 14.0 Å². The molecule has 6 nitrogen and oxygen atoms in total. The van der Waals surface area contributed by atoms with Crippen molar-refractivity contribution >= 4 is 23.2 Å². The second-order valence-corrected chi connectivity index (χ2v) is 6.02. The molecule has 0 radical (unpaired) electrons. The van der Waals surface area contributed by atoms with Crippen molar-refractivity contribution in [1.29, 1.82) is 0 Å². The van der Waals surface area contributed by atoms with Crippen molar-refractivity contribution in [3.05, 3.63) is 54.8 Å². The zero-order valence-corrected chi connectivity index (χ0v) is 14.2. The quantitative estimate of drug-likeness (QED) is 0.782. The van der Waals surface area contributed by atoms with Crippen LogP contribution >= 0.6 is 0 Å². The Morgan fingerprint density at radius 2 is 2.08 bits per heavy atom. The minimum absolute atomic E-state index is 0.0546. The van der Waals surface area contributed by atoms with Crippen LogP contribution in [0.15, 0.2) is 47.5 Å². The van der Waals surface area contributed by atoms with Crippen molar-refractivity contribution in [3.63, 3.8) is 0 Å². The third kappa shape index (κ3) is 4.15. The first-order chi connectivity index (χ1) is 12.1. The highest BCUT2D eigenvalue weighted by molar-refractivity contribution is 6.01. The van der Waals surface area contributed by atoms with Gasteiger partial charge in [0.05, 0.1) is 12.7 Å². The van der Waals surface area contributed by atoms with Crippen molar-refractivity contribution in [2.75, 3.05) is 10.2 Å². The predicted molar refractivity (Wildman–Crippen MR) is 95.2 cm³/mol. The second-order valence-electron chi connectivity index (χ2n) is 6.02. The van der Waals surface area contributed by atoms with Crippen molar-refractivity contribution in [1.82, 2.24) is 4.98 Å². The van der Waals surface area contributed by atoms with E-state index in [0.717, 1.165) is 18.7 Å². The van der Waals surface area contributed by atoms with Gasteiger partial charge < -0.3 is 14.6 Å². The van der Waals surface area contributed by atoms with E-state index >= 15 is 0 Å². The number of hydrogen-bond acceptors (Lipinski definition) is 4. The first-order valence-corrected chi connectivity index (χ1v) is 8.39. The number of hydrogen-bond donors (Lipinski definition) is 1. The summed E-state index contributed by atoms with van der Waals surface area (Å²) in [6.07, 6.45) is 5.58. The van der Waals surface area contributed by atoms with Crippen LogP contribution in [0.3, 0.4) is 0 Å². The number of carbonyl (C=O) groups excluding carboxylic acids is 2. The van der Waals surface area contributed by atoms with E-state index < -0.39 is 0 Å². The summed E-state index contributed by atoms with van der Waals surface area (Å²) in [7, 11) is 0. The average Bonchev–Trinajstić information content (AvgIpc) is 3.38. The Morgan fingerprint density at radius 3 is 2.68 bits per heavy atom. The molecule has 0 atom stereocenters. The number of nitrogens with zero attached hydrogens (tertiary/aromatic N) is 2. The molecule has 0 saturated heterocycles. The molecule has 1 aromatic heterocycles. The maximum absolute atomic E-state index is 12.3. The Kier molecular flexibility index (Phi) is 4.97. The van der Waals surface area contributed by atoms with E-state index in [4.69, 9.17) is 4.42 Å². The highest BCUT2D eigenvalue weighted by Crippen LogP contribution is 2.39. The van der Waals surface area contributed by atoms with Crippen LogP contribution in [0.2, 0.25) is 0 Å². The number of anilines is 2. The standard InChI is InChI=1S/C19H21N3O3/c1-3-17(23)21-14-7-9-15(10-8-14)22(18(24)4-2)12-16-11-20-19(25-16)13-5-6-13/h4,7-11,13H,2-3,5-6,12H2,1H3,(H,21,23). The number of carbonyl (C=O) groups is 2. The Labute approximate surface area is 146 Å². The molecule has 1 aromatic carbocycles. The van der Waals surface area contributed by atoms with E-state index in [1.807, 2.05) is 0 Å². The number of nitrogens with one attached hydrogen (secondary N) is 1. The van der Waals surface area contributed by atoms with E-state index in [1.54, 1.807) is 42.3 Å². The highest BCUT2D eigenvalue weighted by Gasteiger charge is 2.29. The van der Waals surface area contributed by atoms with Gasteiger partial charge in [-0.15, -0.1) is 0 Å². The lowest BCUT2D eigenvalue weighted by atomic mass is 10.2. The Morgan fingerprint density at radius 1 is 1.36 bits per heavy atom. The van der Waals surface area contributed by atoms with Crippen LogP contribution in [0, 0.1) is 0 Å². The van der Waals surface area contributed by atoms with E-state index in [9.17, 15) is 9.59 Å². The van der Waals surface area contributed by atoms with Gasteiger partial charge in [0.25, 0.3) is 5.91 Å². The minimum Gasteiger partial charge on any atom is -0.444 e. The maximum atomic E-state index is 12.3. The lowest BCUT2D eigenvalue weighted by Crippen LogP contribution is -2.28. The van der Waals surface area contributed by atoms with Gasteiger partial charge in [0.1, 0.15) is 5.76 Å². The summed E-state index contributed by atoms with van der Waals surface area (Å²) in [5.74, 6) is 1.54. The van der Waals surface area contributed by atoms with E-state index in [2.05, 4.69) is 16.9 Å².